The highest BCUT2D eigenvalue weighted by Gasteiger charge is 2.23. The van der Waals surface area contributed by atoms with E-state index in [0.29, 0.717) is 0 Å². The summed E-state index contributed by atoms with van der Waals surface area (Å²) in [6, 6.07) is 1.35. The summed E-state index contributed by atoms with van der Waals surface area (Å²) < 4.78 is 0. The van der Waals surface area contributed by atoms with Gasteiger partial charge < -0.3 is 0 Å². The van der Waals surface area contributed by atoms with Crippen molar-refractivity contribution in [2.75, 3.05) is 0 Å². The lowest BCUT2D eigenvalue weighted by Gasteiger charge is -2.26. The van der Waals surface area contributed by atoms with Crippen LogP contribution in [0.15, 0.2) is 12.2 Å². The van der Waals surface area contributed by atoms with E-state index in [4.69, 9.17) is 0 Å². The molecule has 0 aliphatic carbocycles. The Labute approximate surface area is 112 Å². The van der Waals surface area contributed by atoms with Gasteiger partial charge in [0.15, 0.2) is 0 Å². The van der Waals surface area contributed by atoms with Crippen molar-refractivity contribution in [3.63, 3.8) is 0 Å². The molecular formula is C15H34Si2. The van der Waals surface area contributed by atoms with E-state index in [9.17, 15) is 0 Å². The van der Waals surface area contributed by atoms with Gasteiger partial charge in [-0.2, -0.15) is 0 Å². The zero-order valence-corrected chi connectivity index (χ0v) is 15.3. The lowest BCUT2D eigenvalue weighted by atomic mass is 10.1. The van der Waals surface area contributed by atoms with Gasteiger partial charge in [0.25, 0.3) is 0 Å². The maximum atomic E-state index is 2.57. The van der Waals surface area contributed by atoms with E-state index in [-0.39, 0.29) is 0 Å². The molecule has 0 radical (unpaired) electrons. The Hall–Kier alpha value is 0.174. The number of hydrogen-bond acceptors (Lipinski definition) is 0. The molecule has 1 unspecified atom stereocenters. The summed E-state index contributed by atoms with van der Waals surface area (Å²) in [6.07, 6.45) is 10.7. The summed E-state index contributed by atoms with van der Waals surface area (Å²) in [5, 5.41) is 0. The minimum atomic E-state index is -1.00. The van der Waals surface area contributed by atoms with Crippen LogP contribution in [0.4, 0.5) is 0 Å². The summed E-state index contributed by atoms with van der Waals surface area (Å²) in [5.74, 6) is 0. The summed E-state index contributed by atoms with van der Waals surface area (Å²) in [4.78, 5) is 0. The third-order valence-corrected chi connectivity index (χ3v) is 7.50. The van der Waals surface area contributed by atoms with E-state index in [2.05, 4.69) is 58.4 Å². The molecule has 0 heterocycles. The summed E-state index contributed by atoms with van der Waals surface area (Å²) in [6.45, 7) is 17.2. The summed E-state index contributed by atoms with van der Waals surface area (Å²) in [5.41, 5.74) is 0.894. The maximum Gasteiger partial charge on any atom is 0.0513 e. The van der Waals surface area contributed by atoms with Crippen molar-refractivity contribution in [3.8, 4) is 0 Å². The second kappa shape index (κ2) is 7.57. The van der Waals surface area contributed by atoms with Crippen molar-refractivity contribution in [1.29, 1.82) is 0 Å². The Morgan fingerprint density at radius 2 is 1.53 bits per heavy atom. The predicted octanol–water partition coefficient (Wildman–Crippen LogP) is 6.17. The molecule has 1 atom stereocenters. The van der Waals surface area contributed by atoms with Crippen LogP contribution in [0.2, 0.25) is 50.9 Å². The molecule has 0 spiro atoms. The lowest BCUT2D eigenvalue weighted by molar-refractivity contribution is 0.665. The second-order valence-electron chi connectivity index (χ2n) is 7.66. The van der Waals surface area contributed by atoms with Crippen molar-refractivity contribution in [1.82, 2.24) is 0 Å². The quantitative estimate of drug-likeness (QED) is 0.281. The molecular weight excluding hydrogens is 236 g/mol. The largest absolute Gasteiger partial charge is 0.0912 e. The average molecular weight is 271 g/mol. The van der Waals surface area contributed by atoms with Gasteiger partial charge in [-0.15, -0.1) is 0 Å². The summed E-state index contributed by atoms with van der Waals surface area (Å²) in [7, 11) is -1.90. The zero-order valence-electron chi connectivity index (χ0n) is 13.3. The zero-order chi connectivity index (χ0) is 13.5. The van der Waals surface area contributed by atoms with Crippen LogP contribution in [0.1, 0.15) is 32.6 Å². The van der Waals surface area contributed by atoms with Gasteiger partial charge in [0.1, 0.15) is 0 Å². The molecule has 0 saturated carbocycles. The molecule has 0 rings (SSSR count). The smallest absolute Gasteiger partial charge is 0.0513 e. The van der Waals surface area contributed by atoms with E-state index >= 15 is 0 Å². The highest BCUT2D eigenvalue weighted by molar-refractivity contribution is 6.78. The molecule has 0 saturated heterocycles. The standard InChI is InChI=1S/C15H34Si2/c1-8-9-10-12-15(17(5,6)7)13-11-14-16(2,3)4/h11,13,15H,8-10,12,14H2,1-7H3/b13-11+. The molecule has 0 amide bonds. The Morgan fingerprint density at radius 3 is 1.94 bits per heavy atom. The number of unbranched alkanes of at least 4 members (excludes halogenated alkanes) is 2. The van der Waals surface area contributed by atoms with Crippen LogP contribution in [0.3, 0.4) is 0 Å². The number of rotatable bonds is 8. The first-order valence-electron chi connectivity index (χ1n) is 7.33. The van der Waals surface area contributed by atoms with E-state index in [1.165, 1.54) is 31.7 Å². The van der Waals surface area contributed by atoms with Gasteiger partial charge in [-0.1, -0.05) is 77.6 Å². The molecule has 0 nitrogen and oxygen atoms in total. The molecule has 2 heteroatoms. The SMILES string of the molecule is CCCCCC(/C=C/C[Si](C)(C)C)[Si](C)(C)C. The first-order valence-corrected chi connectivity index (χ1v) is 14.6. The monoisotopic (exact) mass is 270 g/mol. The van der Waals surface area contributed by atoms with Crippen LogP contribution in [0.25, 0.3) is 0 Å². The van der Waals surface area contributed by atoms with Crippen molar-refractivity contribution in [3.05, 3.63) is 12.2 Å². The van der Waals surface area contributed by atoms with Crippen LogP contribution < -0.4 is 0 Å². The molecule has 17 heavy (non-hydrogen) atoms. The molecule has 0 aromatic rings. The fraction of sp³-hybridized carbons (Fsp3) is 0.867. The van der Waals surface area contributed by atoms with E-state index < -0.39 is 16.1 Å². The van der Waals surface area contributed by atoms with E-state index in [1.807, 2.05) is 0 Å². The van der Waals surface area contributed by atoms with Crippen LogP contribution in [-0.2, 0) is 0 Å². The van der Waals surface area contributed by atoms with Crippen molar-refractivity contribution in [2.24, 2.45) is 0 Å². The van der Waals surface area contributed by atoms with Gasteiger partial charge >= 0.3 is 0 Å². The Morgan fingerprint density at radius 1 is 0.941 bits per heavy atom. The van der Waals surface area contributed by atoms with E-state index in [0.717, 1.165) is 5.54 Å². The molecule has 0 aromatic carbocycles. The minimum Gasteiger partial charge on any atom is -0.0912 e. The Bertz CT molecular complexity index is 218. The van der Waals surface area contributed by atoms with Gasteiger partial charge in [-0.3, -0.25) is 0 Å². The third kappa shape index (κ3) is 9.84. The highest BCUT2D eigenvalue weighted by Crippen LogP contribution is 2.29. The minimum absolute atomic E-state index is 0.893. The van der Waals surface area contributed by atoms with Gasteiger partial charge in [-0.05, 0) is 18.0 Å². The second-order valence-corrected chi connectivity index (χ2v) is 18.7. The van der Waals surface area contributed by atoms with Gasteiger partial charge in [0.2, 0.25) is 0 Å². The van der Waals surface area contributed by atoms with Crippen molar-refractivity contribution >= 4 is 16.1 Å². The fourth-order valence-corrected chi connectivity index (χ4v) is 4.64. The molecule has 0 aliphatic heterocycles. The Kier molecular flexibility index (Phi) is 7.65. The molecule has 0 fully saturated rings. The first-order chi connectivity index (χ1) is 7.67. The molecule has 102 valence electrons. The molecule has 0 aliphatic rings. The number of allylic oxidation sites excluding steroid dienone is 2. The molecule has 0 bridgehead atoms. The predicted molar refractivity (Wildman–Crippen MR) is 88.5 cm³/mol. The Balaban J connectivity index is 4.30. The first kappa shape index (κ1) is 17.2. The highest BCUT2D eigenvalue weighted by atomic mass is 28.3. The van der Waals surface area contributed by atoms with Crippen LogP contribution in [-0.4, -0.2) is 16.1 Å². The number of hydrogen-bond donors (Lipinski definition) is 0. The fourth-order valence-electron chi connectivity index (χ4n) is 2.02. The topological polar surface area (TPSA) is 0 Å². The maximum absolute atomic E-state index is 2.57. The summed E-state index contributed by atoms with van der Waals surface area (Å²) >= 11 is 0. The van der Waals surface area contributed by atoms with Gasteiger partial charge in [-0.25, -0.2) is 0 Å². The third-order valence-electron chi connectivity index (χ3n) is 3.33. The molecule has 0 aromatic heterocycles. The van der Waals surface area contributed by atoms with Gasteiger partial charge in [0.05, 0.1) is 8.07 Å². The molecule has 0 N–H and O–H groups in total. The van der Waals surface area contributed by atoms with Crippen molar-refractivity contribution in [2.45, 2.75) is 83.5 Å². The lowest BCUT2D eigenvalue weighted by Crippen LogP contribution is -2.27. The van der Waals surface area contributed by atoms with Crippen molar-refractivity contribution < 1.29 is 0 Å². The van der Waals surface area contributed by atoms with Crippen LogP contribution >= 0.6 is 0 Å². The normalized spacial score (nSPS) is 15.5. The average Bonchev–Trinajstić information content (AvgIpc) is 2.12. The van der Waals surface area contributed by atoms with Crippen LogP contribution in [0.5, 0.6) is 0 Å². The van der Waals surface area contributed by atoms with Gasteiger partial charge in [0, 0.05) is 8.07 Å². The van der Waals surface area contributed by atoms with E-state index in [1.54, 1.807) is 0 Å². The van der Waals surface area contributed by atoms with Crippen LogP contribution in [0, 0.1) is 0 Å².